The number of likely N-dealkylation sites (tertiary alicyclic amines) is 1. The molecule has 0 aromatic carbocycles. The van der Waals surface area contributed by atoms with Crippen molar-refractivity contribution in [2.24, 2.45) is 0 Å². The topological polar surface area (TPSA) is 51.4 Å². The summed E-state index contributed by atoms with van der Waals surface area (Å²) in [4.78, 5) is 9.60. The van der Waals surface area contributed by atoms with Crippen molar-refractivity contribution in [2.45, 2.75) is 77.6 Å². The van der Waals surface area contributed by atoms with Crippen molar-refractivity contribution < 1.29 is 8.95 Å². The predicted molar refractivity (Wildman–Crippen MR) is 118 cm³/mol. The van der Waals surface area contributed by atoms with Gasteiger partial charge in [-0.05, 0) is 56.2 Å². The average molecular weight is 422 g/mol. The van der Waals surface area contributed by atoms with Crippen LogP contribution in [0.25, 0.3) is 10.8 Å². The maximum Gasteiger partial charge on any atom is 0.267 e. The maximum absolute atomic E-state index is 6.23. The minimum absolute atomic E-state index is 0.218. The summed E-state index contributed by atoms with van der Waals surface area (Å²) in [6.45, 7) is 15.4. The fourth-order valence-electron chi connectivity index (χ4n) is 3.16. The second kappa shape index (κ2) is 9.20. The second-order valence-electron chi connectivity index (χ2n) is 9.33. The smallest absolute Gasteiger partial charge is 0.267 e. The molecule has 1 fully saturated rings. The largest absolute Gasteiger partial charge is 0.416 e. The molecule has 3 heterocycles. The number of hydrogen-bond acceptors (Lipinski definition) is 6. The molecule has 0 spiro atoms. The number of thiophene rings is 1. The van der Waals surface area contributed by atoms with E-state index in [0.717, 1.165) is 17.2 Å². The Kier molecular flexibility index (Phi) is 7.12. The van der Waals surface area contributed by atoms with Crippen LogP contribution >= 0.6 is 11.3 Å². The van der Waals surface area contributed by atoms with Gasteiger partial charge in [0.25, 0.3) is 5.89 Å². The molecule has 2 aromatic rings. The van der Waals surface area contributed by atoms with E-state index in [2.05, 4.69) is 61.0 Å². The first-order chi connectivity index (χ1) is 13.2. The first-order valence-corrected chi connectivity index (χ1v) is 14.2. The van der Waals surface area contributed by atoms with Crippen LogP contribution in [0.15, 0.2) is 16.7 Å². The van der Waals surface area contributed by atoms with Crippen molar-refractivity contribution in [1.82, 2.24) is 15.0 Å². The molecule has 7 heteroatoms. The molecular weight excluding hydrogens is 386 g/mol. The van der Waals surface area contributed by atoms with Crippen LogP contribution in [0.2, 0.25) is 18.1 Å². The van der Waals surface area contributed by atoms with E-state index in [-0.39, 0.29) is 5.04 Å². The zero-order valence-electron chi connectivity index (χ0n) is 18.1. The third-order valence-electron chi connectivity index (χ3n) is 6.01. The molecule has 0 saturated carbocycles. The standard InChI is InChI=1S/C21H35N3O2SSi/c1-21(2,3)28(4,5)25-15-12-19-22-20(26-23-19)18-11-10-17(27-18)16-24-13-8-6-7-9-14-24/h10-11H,6-9,12-16H2,1-5H3. The lowest BCUT2D eigenvalue weighted by Gasteiger charge is -2.36. The predicted octanol–water partition coefficient (Wildman–Crippen LogP) is 5.74. The van der Waals surface area contributed by atoms with Gasteiger partial charge in [-0.15, -0.1) is 11.3 Å². The van der Waals surface area contributed by atoms with Gasteiger partial charge in [-0.2, -0.15) is 4.98 Å². The average Bonchev–Trinajstić information content (AvgIpc) is 3.18. The number of aromatic nitrogens is 2. The Bertz CT molecular complexity index is 743. The fraction of sp³-hybridized carbons (Fsp3) is 0.714. The van der Waals surface area contributed by atoms with E-state index < -0.39 is 8.32 Å². The first kappa shape index (κ1) is 21.7. The number of rotatable bonds is 7. The lowest BCUT2D eigenvalue weighted by molar-refractivity contribution is 0.279. The van der Waals surface area contributed by atoms with Gasteiger partial charge < -0.3 is 8.95 Å². The highest BCUT2D eigenvalue weighted by atomic mass is 32.1. The normalized spacial score (nSPS) is 17.0. The number of hydrogen-bond donors (Lipinski definition) is 0. The molecular formula is C21H35N3O2SSi. The molecule has 0 amide bonds. The highest BCUT2D eigenvalue weighted by molar-refractivity contribution is 7.15. The summed E-state index contributed by atoms with van der Waals surface area (Å²) in [5, 5.41) is 4.38. The molecule has 1 aliphatic rings. The van der Waals surface area contributed by atoms with Crippen LogP contribution in [-0.4, -0.2) is 43.1 Å². The summed E-state index contributed by atoms with van der Waals surface area (Å²) >= 11 is 1.77. The quantitative estimate of drug-likeness (QED) is 0.534. The van der Waals surface area contributed by atoms with E-state index in [1.54, 1.807) is 11.3 Å². The van der Waals surface area contributed by atoms with E-state index in [0.29, 0.717) is 18.9 Å². The van der Waals surface area contributed by atoms with Crippen LogP contribution in [0.1, 0.15) is 57.2 Å². The Balaban J connectivity index is 1.53. The lowest BCUT2D eigenvalue weighted by atomic mass is 10.2. The highest BCUT2D eigenvalue weighted by Gasteiger charge is 2.36. The molecule has 3 rings (SSSR count). The van der Waals surface area contributed by atoms with Crippen molar-refractivity contribution >= 4 is 19.7 Å². The summed E-state index contributed by atoms with van der Waals surface area (Å²) in [5.74, 6) is 1.37. The molecule has 0 radical (unpaired) electrons. The Hall–Kier alpha value is -1.02. The van der Waals surface area contributed by atoms with Gasteiger partial charge in [0.05, 0.1) is 4.88 Å². The molecule has 28 heavy (non-hydrogen) atoms. The monoisotopic (exact) mass is 421 g/mol. The van der Waals surface area contributed by atoms with Gasteiger partial charge in [-0.3, -0.25) is 4.90 Å². The summed E-state index contributed by atoms with van der Waals surface area (Å²) < 4.78 is 11.7. The minimum atomic E-state index is -1.73. The van der Waals surface area contributed by atoms with Gasteiger partial charge in [0.1, 0.15) is 0 Å². The van der Waals surface area contributed by atoms with Crippen molar-refractivity contribution in [2.75, 3.05) is 19.7 Å². The van der Waals surface area contributed by atoms with E-state index >= 15 is 0 Å². The van der Waals surface area contributed by atoms with Crippen LogP contribution < -0.4 is 0 Å². The van der Waals surface area contributed by atoms with Gasteiger partial charge in [0, 0.05) is 24.4 Å². The molecule has 0 unspecified atom stereocenters. The maximum atomic E-state index is 6.23. The van der Waals surface area contributed by atoms with Crippen LogP contribution in [0.3, 0.4) is 0 Å². The van der Waals surface area contributed by atoms with E-state index in [1.807, 2.05) is 0 Å². The zero-order chi connectivity index (χ0) is 20.2. The van der Waals surface area contributed by atoms with Crippen molar-refractivity contribution in [3.63, 3.8) is 0 Å². The van der Waals surface area contributed by atoms with Crippen molar-refractivity contribution in [1.29, 1.82) is 0 Å². The van der Waals surface area contributed by atoms with E-state index in [9.17, 15) is 0 Å². The van der Waals surface area contributed by atoms with Crippen LogP contribution in [0, 0.1) is 0 Å². The SMILES string of the molecule is CC(C)(C)[Si](C)(C)OCCc1noc(-c2ccc(CN3CCCCCC3)s2)n1. The second-order valence-corrected chi connectivity index (χ2v) is 15.3. The van der Waals surface area contributed by atoms with Crippen molar-refractivity contribution in [3.05, 3.63) is 22.8 Å². The van der Waals surface area contributed by atoms with E-state index in [4.69, 9.17) is 8.95 Å². The summed E-state index contributed by atoms with van der Waals surface area (Å²) in [6, 6.07) is 4.32. The fourth-order valence-corrected chi connectivity index (χ4v) is 5.18. The number of nitrogens with zero attached hydrogens (tertiary/aromatic N) is 3. The Morgan fingerprint density at radius 3 is 2.54 bits per heavy atom. The first-order valence-electron chi connectivity index (χ1n) is 10.5. The molecule has 0 N–H and O–H groups in total. The third kappa shape index (κ3) is 5.75. The molecule has 1 aliphatic heterocycles. The molecule has 156 valence electrons. The van der Waals surface area contributed by atoms with Crippen molar-refractivity contribution in [3.8, 4) is 10.8 Å². The third-order valence-corrected chi connectivity index (χ3v) is 11.6. The molecule has 0 atom stereocenters. The van der Waals surface area contributed by atoms with Crippen LogP contribution in [0.5, 0.6) is 0 Å². The molecule has 5 nitrogen and oxygen atoms in total. The summed E-state index contributed by atoms with van der Waals surface area (Å²) in [5.41, 5.74) is 0. The van der Waals surface area contributed by atoms with Gasteiger partial charge in [-0.1, -0.05) is 38.8 Å². The van der Waals surface area contributed by atoms with Crippen LogP contribution in [-0.2, 0) is 17.4 Å². The van der Waals surface area contributed by atoms with Gasteiger partial charge in [0.15, 0.2) is 14.1 Å². The van der Waals surface area contributed by atoms with Gasteiger partial charge in [0.2, 0.25) is 0 Å². The molecule has 2 aromatic heterocycles. The van der Waals surface area contributed by atoms with Gasteiger partial charge in [-0.25, -0.2) is 0 Å². The Morgan fingerprint density at radius 2 is 1.86 bits per heavy atom. The summed E-state index contributed by atoms with van der Waals surface area (Å²) in [7, 11) is -1.73. The van der Waals surface area contributed by atoms with Crippen LogP contribution in [0.4, 0.5) is 0 Å². The van der Waals surface area contributed by atoms with Gasteiger partial charge >= 0.3 is 0 Å². The molecule has 0 aliphatic carbocycles. The Labute approximate surface area is 174 Å². The molecule has 1 saturated heterocycles. The Morgan fingerprint density at radius 1 is 1.14 bits per heavy atom. The zero-order valence-corrected chi connectivity index (χ0v) is 19.9. The van der Waals surface area contributed by atoms with E-state index in [1.165, 1.54) is 43.6 Å². The minimum Gasteiger partial charge on any atom is -0.416 e. The molecule has 0 bridgehead atoms. The highest BCUT2D eigenvalue weighted by Crippen LogP contribution is 2.36. The summed E-state index contributed by atoms with van der Waals surface area (Å²) in [6.07, 6.45) is 6.08. The lowest BCUT2D eigenvalue weighted by Crippen LogP contribution is -2.41.